The predicted octanol–water partition coefficient (Wildman–Crippen LogP) is 3.12. The second-order valence-corrected chi connectivity index (χ2v) is 5.77. The van der Waals surface area contributed by atoms with Crippen LogP contribution < -0.4 is 10.1 Å². The minimum atomic E-state index is 0.284. The number of benzene rings is 1. The summed E-state index contributed by atoms with van der Waals surface area (Å²) < 4.78 is 11.8. The zero-order valence-electron chi connectivity index (χ0n) is 12.7. The fourth-order valence-electron chi connectivity index (χ4n) is 1.93. The standard InChI is InChI=1S/C16H26BrNO3/c1-20-11-8-18-13-14-6-7-16(15(17)12-14)21-10-5-3-2-4-9-19/h6-7,12,18-19H,2-5,8-11,13H2,1H3. The third-order valence-electron chi connectivity index (χ3n) is 3.12. The topological polar surface area (TPSA) is 50.7 Å². The van der Waals surface area contributed by atoms with Crippen LogP contribution in [0.1, 0.15) is 31.2 Å². The SMILES string of the molecule is COCCNCc1ccc(OCCCCCCO)c(Br)c1. The van der Waals surface area contributed by atoms with Crippen LogP contribution in [-0.4, -0.2) is 38.6 Å². The summed E-state index contributed by atoms with van der Waals surface area (Å²) in [7, 11) is 1.70. The van der Waals surface area contributed by atoms with Gasteiger partial charge in [0.05, 0.1) is 17.7 Å². The third-order valence-corrected chi connectivity index (χ3v) is 3.74. The van der Waals surface area contributed by atoms with E-state index < -0.39 is 0 Å². The molecule has 4 nitrogen and oxygen atoms in total. The lowest BCUT2D eigenvalue weighted by Crippen LogP contribution is -2.18. The van der Waals surface area contributed by atoms with Crippen LogP contribution in [0.5, 0.6) is 5.75 Å². The lowest BCUT2D eigenvalue weighted by molar-refractivity contribution is 0.199. The molecule has 120 valence electrons. The number of unbranched alkanes of at least 4 members (excludes halogenated alkanes) is 3. The summed E-state index contributed by atoms with van der Waals surface area (Å²) in [5.41, 5.74) is 1.22. The molecular weight excluding hydrogens is 334 g/mol. The van der Waals surface area contributed by atoms with Crippen molar-refractivity contribution < 1.29 is 14.6 Å². The van der Waals surface area contributed by atoms with E-state index in [2.05, 4.69) is 33.4 Å². The maximum Gasteiger partial charge on any atom is 0.133 e. The first-order valence-electron chi connectivity index (χ1n) is 7.49. The van der Waals surface area contributed by atoms with Crippen LogP contribution in [0, 0.1) is 0 Å². The van der Waals surface area contributed by atoms with Crippen LogP contribution in [0.4, 0.5) is 0 Å². The molecule has 0 atom stereocenters. The van der Waals surface area contributed by atoms with E-state index in [-0.39, 0.29) is 6.61 Å². The fourth-order valence-corrected chi connectivity index (χ4v) is 2.47. The van der Waals surface area contributed by atoms with Gasteiger partial charge in [0.15, 0.2) is 0 Å². The summed E-state index contributed by atoms with van der Waals surface area (Å²) >= 11 is 3.55. The molecular formula is C16H26BrNO3. The number of rotatable bonds is 12. The van der Waals surface area contributed by atoms with Gasteiger partial charge in [-0.1, -0.05) is 12.5 Å². The van der Waals surface area contributed by atoms with Crippen molar-refractivity contribution in [1.29, 1.82) is 0 Å². The highest BCUT2D eigenvalue weighted by Gasteiger charge is 2.03. The Morgan fingerprint density at radius 1 is 1.14 bits per heavy atom. The molecule has 1 aromatic rings. The Hall–Kier alpha value is -0.620. The minimum absolute atomic E-state index is 0.284. The maximum atomic E-state index is 8.71. The minimum Gasteiger partial charge on any atom is -0.492 e. The van der Waals surface area contributed by atoms with Crippen molar-refractivity contribution in [3.8, 4) is 5.75 Å². The van der Waals surface area contributed by atoms with Crippen molar-refractivity contribution in [2.75, 3.05) is 33.5 Å². The number of methoxy groups -OCH3 is 1. The molecule has 1 aromatic carbocycles. The van der Waals surface area contributed by atoms with E-state index >= 15 is 0 Å². The molecule has 0 radical (unpaired) electrons. The van der Waals surface area contributed by atoms with Crippen molar-refractivity contribution in [2.45, 2.75) is 32.2 Å². The summed E-state index contributed by atoms with van der Waals surface area (Å²) in [6, 6.07) is 6.16. The van der Waals surface area contributed by atoms with Crippen molar-refractivity contribution in [3.05, 3.63) is 28.2 Å². The van der Waals surface area contributed by atoms with Gasteiger partial charge in [-0.25, -0.2) is 0 Å². The van der Waals surface area contributed by atoms with E-state index in [4.69, 9.17) is 14.6 Å². The van der Waals surface area contributed by atoms with Crippen molar-refractivity contribution in [3.63, 3.8) is 0 Å². The Bertz CT molecular complexity index is 388. The molecule has 0 amide bonds. The van der Waals surface area contributed by atoms with E-state index in [1.54, 1.807) is 7.11 Å². The van der Waals surface area contributed by atoms with Crippen LogP contribution in [-0.2, 0) is 11.3 Å². The van der Waals surface area contributed by atoms with E-state index in [1.807, 2.05) is 6.07 Å². The number of hydrogen-bond donors (Lipinski definition) is 2. The maximum absolute atomic E-state index is 8.71. The summed E-state index contributed by atoms with van der Waals surface area (Å²) in [5, 5.41) is 12.0. The van der Waals surface area contributed by atoms with Gasteiger partial charge in [-0.3, -0.25) is 0 Å². The molecule has 21 heavy (non-hydrogen) atoms. The van der Waals surface area contributed by atoms with Gasteiger partial charge in [0.2, 0.25) is 0 Å². The van der Waals surface area contributed by atoms with Gasteiger partial charge in [-0.15, -0.1) is 0 Å². The number of hydrogen-bond acceptors (Lipinski definition) is 4. The predicted molar refractivity (Wildman–Crippen MR) is 88.8 cm³/mol. The molecule has 0 unspecified atom stereocenters. The molecule has 2 N–H and O–H groups in total. The largest absolute Gasteiger partial charge is 0.492 e. The molecule has 0 spiro atoms. The summed E-state index contributed by atoms with van der Waals surface area (Å²) in [6.45, 7) is 3.39. The van der Waals surface area contributed by atoms with E-state index in [1.165, 1.54) is 5.56 Å². The molecule has 0 aliphatic carbocycles. The molecule has 0 saturated heterocycles. The zero-order valence-corrected chi connectivity index (χ0v) is 14.3. The Kier molecular flexibility index (Phi) is 10.5. The Morgan fingerprint density at radius 3 is 2.67 bits per heavy atom. The Morgan fingerprint density at radius 2 is 1.95 bits per heavy atom. The molecule has 0 bridgehead atoms. The van der Waals surface area contributed by atoms with Crippen LogP contribution in [0.3, 0.4) is 0 Å². The molecule has 0 aromatic heterocycles. The quantitative estimate of drug-likeness (QED) is 0.563. The van der Waals surface area contributed by atoms with Crippen LogP contribution in [0.25, 0.3) is 0 Å². The van der Waals surface area contributed by atoms with Gasteiger partial charge in [0.1, 0.15) is 5.75 Å². The number of aliphatic hydroxyl groups excluding tert-OH is 1. The highest BCUT2D eigenvalue weighted by molar-refractivity contribution is 9.10. The van der Waals surface area contributed by atoms with Gasteiger partial charge in [-0.2, -0.15) is 0 Å². The van der Waals surface area contributed by atoms with E-state index in [9.17, 15) is 0 Å². The summed E-state index contributed by atoms with van der Waals surface area (Å²) in [5.74, 6) is 0.887. The third kappa shape index (κ3) is 8.41. The van der Waals surface area contributed by atoms with Crippen molar-refractivity contribution in [1.82, 2.24) is 5.32 Å². The van der Waals surface area contributed by atoms with Gasteiger partial charge < -0.3 is 19.9 Å². The number of aliphatic hydroxyl groups is 1. The van der Waals surface area contributed by atoms with E-state index in [0.29, 0.717) is 0 Å². The van der Waals surface area contributed by atoms with Crippen molar-refractivity contribution >= 4 is 15.9 Å². The molecule has 0 aliphatic heterocycles. The smallest absolute Gasteiger partial charge is 0.133 e. The lowest BCUT2D eigenvalue weighted by Gasteiger charge is -2.10. The first kappa shape index (κ1) is 18.4. The number of ether oxygens (including phenoxy) is 2. The molecule has 0 fully saturated rings. The monoisotopic (exact) mass is 359 g/mol. The molecule has 1 rings (SSSR count). The van der Waals surface area contributed by atoms with Crippen LogP contribution in [0.15, 0.2) is 22.7 Å². The normalized spacial score (nSPS) is 10.8. The first-order chi connectivity index (χ1) is 10.3. The Balaban J connectivity index is 2.26. The second kappa shape index (κ2) is 12.0. The highest BCUT2D eigenvalue weighted by atomic mass is 79.9. The zero-order chi connectivity index (χ0) is 15.3. The van der Waals surface area contributed by atoms with Gasteiger partial charge in [-0.05, 0) is 52.9 Å². The molecule has 0 saturated carbocycles. The lowest BCUT2D eigenvalue weighted by atomic mass is 10.2. The van der Waals surface area contributed by atoms with Crippen molar-refractivity contribution in [2.24, 2.45) is 0 Å². The number of halogens is 1. The molecule has 0 heterocycles. The average molecular weight is 360 g/mol. The van der Waals surface area contributed by atoms with Crippen LogP contribution >= 0.6 is 15.9 Å². The van der Waals surface area contributed by atoms with Gasteiger partial charge >= 0.3 is 0 Å². The van der Waals surface area contributed by atoms with Gasteiger partial charge in [0.25, 0.3) is 0 Å². The van der Waals surface area contributed by atoms with E-state index in [0.717, 1.165) is 62.2 Å². The summed E-state index contributed by atoms with van der Waals surface area (Å²) in [4.78, 5) is 0. The van der Waals surface area contributed by atoms with Crippen LogP contribution in [0.2, 0.25) is 0 Å². The highest BCUT2D eigenvalue weighted by Crippen LogP contribution is 2.26. The summed E-state index contributed by atoms with van der Waals surface area (Å²) in [6.07, 6.45) is 4.06. The Labute approximate surface area is 136 Å². The fraction of sp³-hybridized carbons (Fsp3) is 0.625. The number of nitrogens with one attached hydrogen (secondary N) is 1. The second-order valence-electron chi connectivity index (χ2n) is 4.92. The first-order valence-corrected chi connectivity index (χ1v) is 8.29. The van der Waals surface area contributed by atoms with Gasteiger partial charge in [0, 0.05) is 26.8 Å². The average Bonchev–Trinajstić information content (AvgIpc) is 2.49. The molecule has 5 heteroatoms. The molecule has 0 aliphatic rings.